The number of hydrogen-bond acceptors (Lipinski definition) is 5. The molecule has 2 unspecified atom stereocenters. The third-order valence-electron chi connectivity index (χ3n) is 3.95. The van der Waals surface area contributed by atoms with Gasteiger partial charge in [0.25, 0.3) is 5.69 Å². The molecule has 1 fully saturated rings. The highest BCUT2D eigenvalue weighted by molar-refractivity contribution is 5.47. The third-order valence-corrected chi connectivity index (χ3v) is 3.95. The van der Waals surface area contributed by atoms with E-state index in [9.17, 15) is 10.1 Å². The van der Waals surface area contributed by atoms with Crippen LogP contribution in [0, 0.1) is 24.0 Å². The lowest BCUT2D eigenvalue weighted by molar-refractivity contribution is -0.386. The average molecular weight is 279 g/mol. The van der Waals surface area contributed by atoms with E-state index in [1.165, 1.54) is 6.20 Å². The minimum Gasteiger partial charge on any atom is -0.370 e. The van der Waals surface area contributed by atoms with Gasteiger partial charge in [0.05, 0.1) is 28.9 Å². The van der Waals surface area contributed by atoms with Crippen molar-refractivity contribution in [3.05, 3.63) is 33.1 Å². The van der Waals surface area contributed by atoms with E-state index in [2.05, 4.69) is 4.98 Å². The summed E-state index contributed by atoms with van der Waals surface area (Å²) in [6, 6.07) is 0.0597. The molecule has 6 heteroatoms. The Hall–Kier alpha value is -1.53. The van der Waals surface area contributed by atoms with Crippen LogP contribution in [0.4, 0.5) is 5.69 Å². The molecular weight excluding hydrogens is 258 g/mol. The maximum Gasteiger partial charge on any atom is 0.278 e. The number of rotatable bonds is 4. The van der Waals surface area contributed by atoms with E-state index in [4.69, 9.17) is 10.5 Å². The number of nitrogens with two attached hydrogens (primary N) is 1. The summed E-state index contributed by atoms with van der Waals surface area (Å²) in [5.41, 5.74) is 7.94. The Morgan fingerprint density at radius 3 is 2.80 bits per heavy atom. The molecule has 6 nitrogen and oxygen atoms in total. The van der Waals surface area contributed by atoms with E-state index in [1.54, 1.807) is 13.8 Å². The van der Waals surface area contributed by atoms with Gasteiger partial charge in [-0.05, 0) is 26.7 Å². The molecule has 1 aliphatic rings. The van der Waals surface area contributed by atoms with Crippen LogP contribution in [0.3, 0.4) is 0 Å². The van der Waals surface area contributed by atoms with Gasteiger partial charge in [-0.25, -0.2) is 0 Å². The van der Waals surface area contributed by atoms with Crippen LogP contribution in [0.2, 0.25) is 0 Å². The summed E-state index contributed by atoms with van der Waals surface area (Å²) in [6.07, 6.45) is 5.77. The molecule has 0 amide bonds. The first-order valence-electron chi connectivity index (χ1n) is 6.97. The van der Waals surface area contributed by atoms with Crippen molar-refractivity contribution in [3.8, 4) is 0 Å². The van der Waals surface area contributed by atoms with Crippen LogP contribution in [0.15, 0.2) is 6.20 Å². The molecule has 1 aromatic rings. The molecule has 20 heavy (non-hydrogen) atoms. The largest absolute Gasteiger partial charge is 0.370 e. The summed E-state index contributed by atoms with van der Waals surface area (Å²) in [4.78, 5) is 15.0. The maximum atomic E-state index is 11.1. The van der Waals surface area contributed by atoms with Crippen LogP contribution < -0.4 is 5.73 Å². The molecule has 1 saturated carbocycles. The molecule has 0 spiro atoms. The third kappa shape index (κ3) is 3.13. The fraction of sp³-hybridized carbons (Fsp3) is 0.643. The molecule has 0 bridgehead atoms. The van der Waals surface area contributed by atoms with Crippen molar-refractivity contribution in [2.45, 2.75) is 58.3 Å². The van der Waals surface area contributed by atoms with E-state index in [1.807, 2.05) is 0 Å². The van der Waals surface area contributed by atoms with Gasteiger partial charge < -0.3 is 10.5 Å². The minimum atomic E-state index is -0.359. The highest BCUT2D eigenvalue weighted by Crippen LogP contribution is 2.26. The van der Waals surface area contributed by atoms with Crippen LogP contribution in [0.5, 0.6) is 0 Å². The lowest BCUT2D eigenvalue weighted by Crippen LogP contribution is -2.39. The van der Waals surface area contributed by atoms with Gasteiger partial charge in [-0.1, -0.05) is 12.8 Å². The summed E-state index contributed by atoms with van der Waals surface area (Å²) in [6.45, 7) is 3.70. The van der Waals surface area contributed by atoms with Gasteiger partial charge in [0, 0.05) is 17.8 Å². The van der Waals surface area contributed by atoms with Crippen molar-refractivity contribution in [2.24, 2.45) is 5.73 Å². The number of hydrogen-bond donors (Lipinski definition) is 1. The van der Waals surface area contributed by atoms with E-state index < -0.39 is 0 Å². The van der Waals surface area contributed by atoms with Crippen molar-refractivity contribution < 1.29 is 9.66 Å². The van der Waals surface area contributed by atoms with Crippen molar-refractivity contribution in [1.29, 1.82) is 0 Å². The summed E-state index contributed by atoms with van der Waals surface area (Å²) in [5.74, 6) is 0. The number of aromatic nitrogens is 1. The quantitative estimate of drug-likeness (QED) is 0.675. The second kappa shape index (κ2) is 6.28. The van der Waals surface area contributed by atoms with Crippen molar-refractivity contribution in [2.75, 3.05) is 0 Å². The first-order chi connectivity index (χ1) is 9.50. The lowest BCUT2D eigenvalue weighted by Gasteiger charge is -2.28. The molecule has 2 rings (SSSR count). The molecule has 1 aromatic heterocycles. The fourth-order valence-electron chi connectivity index (χ4n) is 2.71. The van der Waals surface area contributed by atoms with Crippen molar-refractivity contribution in [3.63, 3.8) is 0 Å². The van der Waals surface area contributed by atoms with Gasteiger partial charge in [0.1, 0.15) is 0 Å². The normalized spacial score (nSPS) is 22.8. The Morgan fingerprint density at radius 2 is 2.15 bits per heavy atom. The van der Waals surface area contributed by atoms with Gasteiger partial charge >= 0.3 is 0 Å². The van der Waals surface area contributed by atoms with E-state index in [0.29, 0.717) is 16.8 Å². The summed E-state index contributed by atoms with van der Waals surface area (Å²) in [5, 5.41) is 11.1. The van der Waals surface area contributed by atoms with E-state index in [0.717, 1.165) is 25.7 Å². The lowest BCUT2D eigenvalue weighted by atomic mass is 9.93. The van der Waals surface area contributed by atoms with Crippen LogP contribution >= 0.6 is 0 Å². The molecule has 2 atom stereocenters. The zero-order valence-corrected chi connectivity index (χ0v) is 12.0. The van der Waals surface area contributed by atoms with Gasteiger partial charge in [-0.15, -0.1) is 0 Å². The Balaban J connectivity index is 2.10. The van der Waals surface area contributed by atoms with E-state index in [-0.39, 0.29) is 29.4 Å². The number of aryl methyl sites for hydroxylation is 1. The zero-order chi connectivity index (χ0) is 14.7. The predicted molar refractivity (Wildman–Crippen MR) is 75.4 cm³/mol. The highest BCUT2D eigenvalue weighted by Gasteiger charge is 2.24. The fourth-order valence-corrected chi connectivity index (χ4v) is 2.71. The average Bonchev–Trinajstić information content (AvgIpc) is 2.39. The van der Waals surface area contributed by atoms with Gasteiger partial charge in [0.15, 0.2) is 0 Å². The smallest absolute Gasteiger partial charge is 0.278 e. The van der Waals surface area contributed by atoms with Gasteiger partial charge in [-0.2, -0.15) is 0 Å². The first kappa shape index (κ1) is 14.9. The second-order valence-electron chi connectivity index (χ2n) is 5.42. The van der Waals surface area contributed by atoms with Gasteiger partial charge in [0.2, 0.25) is 0 Å². The molecule has 110 valence electrons. The minimum absolute atomic E-state index is 0.0327. The van der Waals surface area contributed by atoms with Crippen molar-refractivity contribution >= 4 is 5.69 Å². The van der Waals surface area contributed by atoms with Crippen LogP contribution in [0.1, 0.15) is 42.5 Å². The summed E-state index contributed by atoms with van der Waals surface area (Å²) in [7, 11) is 0. The number of ether oxygens (including phenoxy) is 1. The molecule has 0 radical (unpaired) electrons. The van der Waals surface area contributed by atoms with Crippen LogP contribution in [0.25, 0.3) is 0 Å². The molecule has 1 aliphatic carbocycles. The Labute approximate surface area is 118 Å². The van der Waals surface area contributed by atoms with E-state index >= 15 is 0 Å². The molecular formula is C14H21N3O3. The summed E-state index contributed by atoms with van der Waals surface area (Å²) < 4.78 is 5.83. The Kier molecular flexibility index (Phi) is 4.67. The van der Waals surface area contributed by atoms with Crippen molar-refractivity contribution in [1.82, 2.24) is 4.98 Å². The predicted octanol–water partition coefficient (Wildman–Crippen LogP) is 2.39. The number of nitrogens with zero attached hydrogens (tertiary/aromatic N) is 2. The second-order valence-corrected chi connectivity index (χ2v) is 5.42. The molecule has 0 aromatic carbocycles. The zero-order valence-electron chi connectivity index (χ0n) is 12.0. The SMILES string of the molecule is Cc1cnc(COC2CCCCC2N)c(C)c1[N+](=O)[O-]. The topological polar surface area (TPSA) is 91.3 Å². The maximum absolute atomic E-state index is 11.1. The Bertz CT molecular complexity index is 505. The number of nitro groups is 1. The van der Waals surface area contributed by atoms with Crippen LogP contribution in [-0.2, 0) is 11.3 Å². The highest BCUT2D eigenvalue weighted by atomic mass is 16.6. The molecule has 0 aliphatic heterocycles. The number of pyridine rings is 1. The van der Waals surface area contributed by atoms with Crippen LogP contribution in [-0.4, -0.2) is 22.1 Å². The standard InChI is InChI=1S/C14H21N3O3/c1-9-7-16-12(10(2)14(9)17(18)19)8-20-13-6-4-3-5-11(13)15/h7,11,13H,3-6,8,15H2,1-2H3. The molecule has 2 N–H and O–H groups in total. The molecule has 1 heterocycles. The monoisotopic (exact) mass is 279 g/mol. The molecule has 0 saturated heterocycles. The van der Waals surface area contributed by atoms with Gasteiger partial charge in [-0.3, -0.25) is 15.1 Å². The Morgan fingerprint density at radius 1 is 1.45 bits per heavy atom. The summed E-state index contributed by atoms with van der Waals surface area (Å²) >= 11 is 0. The first-order valence-corrected chi connectivity index (χ1v) is 6.97.